The Labute approximate surface area is 185 Å². The third-order valence-electron chi connectivity index (χ3n) is 4.31. The SMILES string of the molecule is CCC(=O)Nc1ccc(CNC(=O)NNC(=O)c2ccc(COc3ccccc3)o2)cc1. The summed E-state index contributed by atoms with van der Waals surface area (Å²) in [6, 6.07) is 18.8. The van der Waals surface area contributed by atoms with Crippen LogP contribution in [0, 0.1) is 0 Å². The lowest BCUT2D eigenvalue weighted by atomic mass is 10.2. The highest BCUT2D eigenvalue weighted by Crippen LogP contribution is 2.14. The second kappa shape index (κ2) is 11.2. The van der Waals surface area contributed by atoms with Crippen LogP contribution in [0.3, 0.4) is 0 Å². The van der Waals surface area contributed by atoms with Crippen molar-refractivity contribution in [2.24, 2.45) is 0 Å². The molecule has 0 spiro atoms. The largest absolute Gasteiger partial charge is 0.486 e. The van der Waals surface area contributed by atoms with Crippen LogP contribution in [-0.2, 0) is 17.9 Å². The lowest BCUT2D eigenvalue weighted by Crippen LogP contribution is -2.46. The molecular formula is C23H24N4O5. The number of urea groups is 1. The number of carbonyl (C=O) groups is 3. The van der Waals surface area contributed by atoms with E-state index in [-0.39, 0.29) is 24.8 Å². The van der Waals surface area contributed by atoms with Gasteiger partial charge in [-0.2, -0.15) is 0 Å². The van der Waals surface area contributed by atoms with Crippen LogP contribution in [0.1, 0.15) is 35.2 Å². The van der Waals surface area contributed by atoms with Gasteiger partial charge in [-0.25, -0.2) is 10.2 Å². The highest BCUT2D eigenvalue weighted by atomic mass is 16.5. The molecule has 9 nitrogen and oxygen atoms in total. The topological polar surface area (TPSA) is 122 Å². The summed E-state index contributed by atoms with van der Waals surface area (Å²) in [7, 11) is 0. The highest BCUT2D eigenvalue weighted by molar-refractivity contribution is 5.92. The van der Waals surface area contributed by atoms with Gasteiger partial charge in [0.15, 0.2) is 5.76 Å². The van der Waals surface area contributed by atoms with Crippen molar-refractivity contribution in [3.05, 3.63) is 83.8 Å². The van der Waals surface area contributed by atoms with Gasteiger partial charge in [0.05, 0.1) is 0 Å². The molecule has 1 aromatic heterocycles. The zero-order valence-corrected chi connectivity index (χ0v) is 17.5. The molecule has 4 N–H and O–H groups in total. The minimum Gasteiger partial charge on any atom is -0.486 e. The fourth-order valence-electron chi connectivity index (χ4n) is 2.61. The van der Waals surface area contributed by atoms with Crippen LogP contribution in [0.4, 0.5) is 10.5 Å². The van der Waals surface area contributed by atoms with E-state index < -0.39 is 11.9 Å². The van der Waals surface area contributed by atoms with Crippen LogP contribution in [0.25, 0.3) is 0 Å². The summed E-state index contributed by atoms with van der Waals surface area (Å²) in [6.07, 6.45) is 0.399. The second-order valence-corrected chi connectivity index (χ2v) is 6.73. The quantitative estimate of drug-likeness (QED) is 0.404. The van der Waals surface area contributed by atoms with Gasteiger partial charge in [-0.15, -0.1) is 0 Å². The zero-order valence-electron chi connectivity index (χ0n) is 17.5. The number of nitrogens with one attached hydrogen (secondary N) is 4. The molecule has 0 aliphatic carbocycles. The van der Waals surface area contributed by atoms with Crippen LogP contribution in [-0.4, -0.2) is 17.8 Å². The molecule has 9 heteroatoms. The van der Waals surface area contributed by atoms with Crippen LogP contribution >= 0.6 is 0 Å². The van der Waals surface area contributed by atoms with Crippen molar-refractivity contribution < 1.29 is 23.5 Å². The number of hydrogen-bond acceptors (Lipinski definition) is 5. The lowest BCUT2D eigenvalue weighted by molar-refractivity contribution is -0.115. The standard InChI is InChI=1S/C23H24N4O5/c1-2-21(28)25-17-10-8-16(9-11-17)14-24-23(30)27-26-22(29)20-13-12-19(32-20)15-31-18-6-4-3-5-7-18/h3-13H,2,14-15H2,1H3,(H,25,28)(H,26,29)(H2,24,27,30). The molecule has 0 aliphatic rings. The number of para-hydroxylation sites is 1. The molecule has 0 aliphatic heterocycles. The fraction of sp³-hybridized carbons (Fsp3) is 0.174. The molecule has 0 bridgehead atoms. The van der Waals surface area contributed by atoms with Gasteiger partial charge < -0.3 is 19.8 Å². The molecule has 0 unspecified atom stereocenters. The number of furan rings is 1. The first-order chi connectivity index (χ1) is 15.5. The van der Waals surface area contributed by atoms with Crippen molar-refractivity contribution in [2.45, 2.75) is 26.5 Å². The molecule has 0 radical (unpaired) electrons. The molecule has 1 heterocycles. The molecule has 0 atom stereocenters. The van der Waals surface area contributed by atoms with Gasteiger partial charge >= 0.3 is 11.9 Å². The normalized spacial score (nSPS) is 10.2. The summed E-state index contributed by atoms with van der Waals surface area (Å²) in [4.78, 5) is 35.4. The second-order valence-electron chi connectivity index (χ2n) is 6.73. The molecule has 0 saturated carbocycles. The van der Waals surface area contributed by atoms with E-state index >= 15 is 0 Å². The van der Waals surface area contributed by atoms with Gasteiger partial charge in [0.1, 0.15) is 18.1 Å². The van der Waals surface area contributed by atoms with Gasteiger partial charge in [-0.3, -0.25) is 15.0 Å². The van der Waals surface area contributed by atoms with E-state index in [1.165, 1.54) is 6.07 Å². The Morgan fingerprint density at radius 1 is 0.906 bits per heavy atom. The molecule has 0 fully saturated rings. The van der Waals surface area contributed by atoms with E-state index in [0.29, 0.717) is 23.6 Å². The summed E-state index contributed by atoms with van der Waals surface area (Å²) < 4.78 is 11.0. The van der Waals surface area contributed by atoms with Crippen molar-refractivity contribution >= 4 is 23.5 Å². The van der Waals surface area contributed by atoms with E-state index in [1.807, 2.05) is 30.3 Å². The number of hydrazine groups is 1. The van der Waals surface area contributed by atoms with Crippen LogP contribution < -0.4 is 26.2 Å². The minimum absolute atomic E-state index is 0.0432. The Bertz CT molecular complexity index is 1050. The average molecular weight is 436 g/mol. The maximum Gasteiger partial charge on any atom is 0.333 e. The van der Waals surface area contributed by atoms with Crippen molar-refractivity contribution in [1.82, 2.24) is 16.2 Å². The Morgan fingerprint density at radius 2 is 1.66 bits per heavy atom. The average Bonchev–Trinajstić information content (AvgIpc) is 3.30. The van der Waals surface area contributed by atoms with E-state index in [0.717, 1.165) is 5.56 Å². The summed E-state index contributed by atoms with van der Waals surface area (Å²) in [5.74, 6) is 0.540. The maximum absolute atomic E-state index is 12.1. The van der Waals surface area contributed by atoms with Gasteiger partial charge in [0.2, 0.25) is 5.91 Å². The lowest BCUT2D eigenvalue weighted by Gasteiger charge is -2.09. The van der Waals surface area contributed by atoms with E-state index in [9.17, 15) is 14.4 Å². The number of hydrogen-bond donors (Lipinski definition) is 4. The number of amides is 4. The molecular weight excluding hydrogens is 412 g/mol. The van der Waals surface area contributed by atoms with Crippen molar-refractivity contribution in [3.63, 3.8) is 0 Å². The number of rotatable bonds is 8. The Hall–Kier alpha value is -4.27. The molecule has 3 rings (SSSR count). The first-order valence-electron chi connectivity index (χ1n) is 10.0. The summed E-state index contributed by atoms with van der Waals surface area (Å²) in [6.45, 7) is 2.19. The maximum atomic E-state index is 12.1. The van der Waals surface area contributed by atoms with E-state index in [1.54, 1.807) is 37.3 Å². The molecule has 0 saturated heterocycles. The predicted molar refractivity (Wildman–Crippen MR) is 118 cm³/mol. The van der Waals surface area contributed by atoms with Gasteiger partial charge in [-0.1, -0.05) is 37.3 Å². The third-order valence-corrected chi connectivity index (χ3v) is 4.31. The summed E-state index contributed by atoms with van der Waals surface area (Å²) >= 11 is 0. The Morgan fingerprint density at radius 3 is 2.38 bits per heavy atom. The number of carbonyl (C=O) groups excluding carboxylic acids is 3. The molecule has 32 heavy (non-hydrogen) atoms. The van der Waals surface area contributed by atoms with Gasteiger partial charge in [-0.05, 0) is 42.0 Å². The monoisotopic (exact) mass is 436 g/mol. The predicted octanol–water partition coefficient (Wildman–Crippen LogP) is 3.35. The molecule has 3 aromatic rings. The summed E-state index contributed by atoms with van der Waals surface area (Å²) in [5, 5.41) is 5.37. The third kappa shape index (κ3) is 6.91. The van der Waals surface area contributed by atoms with Crippen molar-refractivity contribution in [1.29, 1.82) is 0 Å². The smallest absolute Gasteiger partial charge is 0.333 e. The van der Waals surface area contributed by atoms with Crippen LogP contribution in [0.15, 0.2) is 71.1 Å². The number of ether oxygens (including phenoxy) is 1. The molecule has 4 amide bonds. The zero-order chi connectivity index (χ0) is 22.8. The Balaban J connectivity index is 1.38. The number of anilines is 1. The van der Waals surface area contributed by atoms with Crippen LogP contribution in [0.5, 0.6) is 5.75 Å². The first kappa shape index (κ1) is 22.4. The fourth-order valence-corrected chi connectivity index (χ4v) is 2.61. The summed E-state index contributed by atoms with van der Waals surface area (Å²) in [5.41, 5.74) is 6.06. The van der Waals surface area contributed by atoms with Crippen molar-refractivity contribution in [3.8, 4) is 5.75 Å². The van der Waals surface area contributed by atoms with Gasteiger partial charge in [0.25, 0.3) is 0 Å². The molecule has 2 aromatic carbocycles. The van der Waals surface area contributed by atoms with E-state index in [4.69, 9.17) is 9.15 Å². The van der Waals surface area contributed by atoms with Crippen LogP contribution in [0.2, 0.25) is 0 Å². The molecule has 166 valence electrons. The highest BCUT2D eigenvalue weighted by Gasteiger charge is 2.12. The van der Waals surface area contributed by atoms with Crippen molar-refractivity contribution in [2.75, 3.05) is 5.32 Å². The van der Waals surface area contributed by atoms with E-state index in [2.05, 4.69) is 21.5 Å². The van der Waals surface area contributed by atoms with Gasteiger partial charge in [0, 0.05) is 18.7 Å². The minimum atomic E-state index is -0.595. The number of benzene rings is 2. The Kier molecular flexibility index (Phi) is 7.85. The first-order valence-corrected chi connectivity index (χ1v) is 10.0.